The molecule has 1 atom stereocenters. The van der Waals surface area contributed by atoms with Gasteiger partial charge in [-0.3, -0.25) is 0 Å². The highest BCUT2D eigenvalue weighted by molar-refractivity contribution is 5.37. The number of aliphatic hydroxyl groups is 1. The molecule has 0 bridgehead atoms. The van der Waals surface area contributed by atoms with Gasteiger partial charge in [0.05, 0.1) is 0 Å². The van der Waals surface area contributed by atoms with Crippen LogP contribution in [0.5, 0.6) is 0 Å². The molecule has 0 saturated carbocycles. The average molecular weight is 209 g/mol. The predicted octanol–water partition coefficient (Wildman–Crippen LogP) is 1.85. The van der Waals surface area contributed by atoms with Crippen LogP contribution >= 0.6 is 0 Å². The second kappa shape index (κ2) is 4.37. The van der Waals surface area contributed by atoms with E-state index in [9.17, 15) is 0 Å². The molecule has 1 aliphatic rings. The summed E-state index contributed by atoms with van der Waals surface area (Å²) in [6.07, 6.45) is 5.19. The Balaban J connectivity index is 2.32. The van der Waals surface area contributed by atoms with Crippen LogP contribution < -0.4 is 5.73 Å². The zero-order chi connectivity index (χ0) is 10.8. The first-order valence-corrected chi connectivity index (χ1v) is 5.71. The fourth-order valence-corrected chi connectivity index (χ4v) is 2.50. The number of fused-ring (bicyclic) bond motifs is 1. The van der Waals surface area contributed by atoms with Gasteiger partial charge in [0.15, 0.2) is 0 Å². The fourth-order valence-electron chi connectivity index (χ4n) is 2.50. The van der Waals surface area contributed by atoms with Crippen LogP contribution in [0, 0.1) is 6.92 Å². The van der Waals surface area contributed by atoms with E-state index in [4.69, 9.17) is 15.3 Å². The van der Waals surface area contributed by atoms with Gasteiger partial charge in [-0.1, -0.05) is 0 Å². The predicted molar refractivity (Wildman–Crippen MR) is 58.7 cm³/mol. The SMILES string of the molecule is Cc1oc2c(c1C(N)CCO)CCCC2. The van der Waals surface area contributed by atoms with Crippen LogP contribution in [0.25, 0.3) is 0 Å². The molecule has 0 saturated heterocycles. The van der Waals surface area contributed by atoms with Crippen molar-refractivity contribution in [2.45, 2.75) is 45.1 Å². The van der Waals surface area contributed by atoms with Crippen molar-refractivity contribution >= 4 is 0 Å². The first-order chi connectivity index (χ1) is 7.24. The lowest BCUT2D eigenvalue weighted by Crippen LogP contribution is -2.15. The first kappa shape index (κ1) is 10.7. The summed E-state index contributed by atoms with van der Waals surface area (Å²) in [4.78, 5) is 0. The Morgan fingerprint density at radius 1 is 1.40 bits per heavy atom. The van der Waals surface area contributed by atoms with Gasteiger partial charge in [-0.2, -0.15) is 0 Å². The van der Waals surface area contributed by atoms with E-state index in [1.54, 1.807) is 0 Å². The van der Waals surface area contributed by atoms with Crippen LogP contribution in [0.15, 0.2) is 4.42 Å². The maximum atomic E-state index is 8.92. The van der Waals surface area contributed by atoms with E-state index >= 15 is 0 Å². The molecule has 3 heteroatoms. The lowest BCUT2D eigenvalue weighted by atomic mass is 9.91. The summed E-state index contributed by atoms with van der Waals surface area (Å²) in [6.45, 7) is 2.12. The van der Waals surface area contributed by atoms with E-state index in [0.717, 1.165) is 29.9 Å². The molecule has 0 spiro atoms. The monoisotopic (exact) mass is 209 g/mol. The van der Waals surface area contributed by atoms with Crippen LogP contribution in [0.4, 0.5) is 0 Å². The van der Waals surface area contributed by atoms with Gasteiger partial charge < -0.3 is 15.3 Å². The molecule has 0 radical (unpaired) electrons. The van der Waals surface area contributed by atoms with Crippen molar-refractivity contribution in [3.8, 4) is 0 Å². The summed E-state index contributed by atoms with van der Waals surface area (Å²) in [5.41, 5.74) is 8.53. The number of furan rings is 1. The summed E-state index contributed by atoms with van der Waals surface area (Å²) in [7, 11) is 0. The number of rotatable bonds is 3. The van der Waals surface area contributed by atoms with Crippen molar-refractivity contribution < 1.29 is 9.52 Å². The quantitative estimate of drug-likeness (QED) is 0.798. The van der Waals surface area contributed by atoms with Crippen molar-refractivity contribution in [2.24, 2.45) is 5.73 Å². The minimum absolute atomic E-state index is 0.0689. The second-order valence-corrected chi connectivity index (χ2v) is 4.30. The number of hydrogen-bond acceptors (Lipinski definition) is 3. The molecule has 15 heavy (non-hydrogen) atoms. The fraction of sp³-hybridized carbons (Fsp3) is 0.667. The molecule has 0 aromatic carbocycles. The average Bonchev–Trinajstić information content (AvgIpc) is 2.54. The third-order valence-electron chi connectivity index (χ3n) is 3.21. The minimum atomic E-state index is -0.0689. The van der Waals surface area contributed by atoms with Gasteiger partial charge >= 0.3 is 0 Å². The van der Waals surface area contributed by atoms with E-state index in [1.807, 2.05) is 6.92 Å². The lowest BCUT2D eigenvalue weighted by molar-refractivity contribution is 0.276. The molecule has 3 N–H and O–H groups in total. The molecule has 3 nitrogen and oxygen atoms in total. The molecule has 0 amide bonds. The maximum absolute atomic E-state index is 8.92. The van der Waals surface area contributed by atoms with E-state index in [0.29, 0.717) is 6.42 Å². The van der Waals surface area contributed by atoms with E-state index in [2.05, 4.69) is 0 Å². The molecular formula is C12H19NO2. The third-order valence-corrected chi connectivity index (χ3v) is 3.21. The van der Waals surface area contributed by atoms with Gasteiger partial charge in [-0.05, 0) is 38.2 Å². The van der Waals surface area contributed by atoms with Gasteiger partial charge in [0, 0.05) is 24.6 Å². The topological polar surface area (TPSA) is 59.4 Å². The van der Waals surface area contributed by atoms with Crippen molar-refractivity contribution in [3.05, 3.63) is 22.6 Å². The van der Waals surface area contributed by atoms with E-state index < -0.39 is 0 Å². The summed E-state index contributed by atoms with van der Waals surface area (Å²) in [5, 5.41) is 8.92. The van der Waals surface area contributed by atoms with Crippen LogP contribution in [-0.4, -0.2) is 11.7 Å². The maximum Gasteiger partial charge on any atom is 0.107 e. The summed E-state index contributed by atoms with van der Waals surface area (Å²) in [6, 6.07) is -0.0689. The first-order valence-electron chi connectivity index (χ1n) is 5.71. The van der Waals surface area contributed by atoms with E-state index in [-0.39, 0.29) is 12.6 Å². The summed E-state index contributed by atoms with van der Waals surface area (Å²) < 4.78 is 5.74. The van der Waals surface area contributed by atoms with Crippen molar-refractivity contribution in [3.63, 3.8) is 0 Å². The zero-order valence-corrected chi connectivity index (χ0v) is 9.25. The van der Waals surface area contributed by atoms with Gasteiger partial charge in [0.2, 0.25) is 0 Å². The number of aliphatic hydroxyl groups excluding tert-OH is 1. The second-order valence-electron chi connectivity index (χ2n) is 4.30. The lowest BCUT2D eigenvalue weighted by Gasteiger charge is -2.15. The number of hydrogen-bond donors (Lipinski definition) is 2. The van der Waals surface area contributed by atoms with Gasteiger partial charge in [-0.15, -0.1) is 0 Å². The Kier molecular flexibility index (Phi) is 3.12. The van der Waals surface area contributed by atoms with Crippen LogP contribution in [-0.2, 0) is 12.8 Å². The minimum Gasteiger partial charge on any atom is -0.466 e. The smallest absolute Gasteiger partial charge is 0.107 e. The highest BCUT2D eigenvalue weighted by Gasteiger charge is 2.23. The third kappa shape index (κ3) is 1.94. The van der Waals surface area contributed by atoms with Gasteiger partial charge in [0.25, 0.3) is 0 Å². The van der Waals surface area contributed by atoms with E-state index in [1.165, 1.54) is 18.4 Å². The largest absolute Gasteiger partial charge is 0.466 e. The van der Waals surface area contributed by atoms with Crippen molar-refractivity contribution in [1.29, 1.82) is 0 Å². The standard InChI is InChI=1S/C12H19NO2/c1-8-12(10(13)6-7-14)9-4-2-3-5-11(9)15-8/h10,14H,2-7,13H2,1H3. The highest BCUT2D eigenvalue weighted by atomic mass is 16.3. The van der Waals surface area contributed by atoms with Crippen molar-refractivity contribution in [2.75, 3.05) is 6.61 Å². The van der Waals surface area contributed by atoms with Gasteiger partial charge in [-0.25, -0.2) is 0 Å². The molecule has 1 heterocycles. The molecular weight excluding hydrogens is 190 g/mol. The Morgan fingerprint density at radius 2 is 2.13 bits per heavy atom. The normalized spacial score (nSPS) is 17.5. The Morgan fingerprint density at radius 3 is 2.87 bits per heavy atom. The van der Waals surface area contributed by atoms with Crippen molar-refractivity contribution in [1.82, 2.24) is 0 Å². The molecule has 0 aliphatic heterocycles. The Hall–Kier alpha value is -0.800. The molecule has 1 unspecified atom stereocenters. The van der Waals surface area contributed by atoms with Gasteiger partial charge in [0.1, 0.15) is 11.5 Å². The summed E-state index contributed by atoms with van der Waals surface area (Å²) in [5.74, 6) is 2.07. The molecule has 1 aromatic rings. The Bertz CT molecular complexity index is 344. The number of nitrogens with two attached hydrogens (primary N) is 1. The zero-order valence-electron chi connectivity index (χ0n) is 9.25. The molecule has 1 aromatic heterocycles. The Labute approximate surface area is 90.3 Å². The highest BCUT2D eigenvalue weighted by Crippen LogP contribution is 2.33. The molecule has 84 valence electrons. The summed E-state index contributed by atoms with van der Waals surface area (Å²) >= 11 is 0. The van der Waals surface area contributed by atoms with Crippen LogP contribution in [0.2, 0.25) is 0 Å². The number of aryl methyl sites for hydroxylation is 2. The molecule has 0 fully saturated rings. The van der Waals surface area contributed by atoms with Crippen LogP contribution in [0.3, 0.4) is 0 Å². The molecule has 2 rings (SSSR count). The van der Waals surface area contributed by atoms with Crippen LogP contribution in [0.1, 0.15) is 48.0 Å². The molecule has 1 aliphatic carbocycles.